The van der Waals surface area contributed by atoms with Crippen molar-refractivity contribution >= 4 is 49.2 Å². The molecule has 0 saturated heterocycles. The van der Waals surface area contributed by atoms with Crippen molar-refractivity contribution in [1.29, 1.82) is 0 Å². The number of nitrogens with two attached hydrogens (primary N) is 1. The van der Waals surface area contributed by atoms with E-state index in [1.807, 2.05) is 55.7 Å². The van der Waals surface area contributed by atoms with Crippen molar-refractivity contribution in [2.75, 3.05) is 84.1 Å². The van der Waals surface area contributed by atoms with Crippen LogP contribution in [0.4, 0.5) is 8.78 Å². The fraction of sp³-hybridized carbons (Fsp3) is 0.596. The van der Waals surface area contributed by atoms with Crippen LogP contribution in [0.5, 0.6) is 0 Å². The summed E-state index contributed by atoms with van der Waals surface area (Å²) in [5.41, 5.74) is 6.85. The number of rotatable bonds is 37. The van der Waals surface area contributed by atoms with Gasteiger partial charge in [-0.25, -0.2) is 8.78 Å². The first-order chi connectivity index (χ1) is 33.3. The number of halogens is 2. The minimum absolute atomic E-state index is 0.00518. The van der Waals surface area contributed by atoms with Gasteiger partial charge in [-0.2, -0.15) is 11.8 Å². The van der Waals surface area contributed by atoms with Gasteiger partial charge in [0.15, 0.2) is 0 Å². The molecule has 70 heavy (non-hydrogen) atoms. The summed E-state index contributed by atoms with van der Waals surface area (Å²) in [6.07, 6.45) is 3.70. The number of Topliss-reactive ketones (excluding diaryl/α,β-unsaturated/α-hetero) is 2. The molecular formula is C52H77F2N3O11SSi. The maximum absolute atomic E-state index is 15.3. The molecule has 1 heterocycles. The van der Waals surface area contributed by atoms with Crippen LogP contribution >= 0.6 is 11.8 Å². The lowest BCUT2D eigenvalue weighted by Gasteiger charge is -2.41. The third-order valence-corrected chi connectivity index (χ3v) is 14.0. The Morgan fingerprint density at radius 1 is 0.786 bits per heavy atom. The maximum Gasteiger partial charge on any atom is 0.307 e. The van der Waals surface area contributed by atoms with Gasteiger partial charge in [0.05, 0.1) is 77.1 Å². The number of carbonyl (C=O) groups excluding carboxylic acids is 4. The van der Waals surface area contributed by atoms with Crippen LogP contribution in [0, 0.1) is 23.0 Å². The zero-order valence-electron chi connectivity index (χ0n) is 42.2. The smallest absolute Gasteiger partial charge is 0.307 e. The molecule has 0 aliphatic carbocycles. The summed E-state index contributed by atoms with van der Waals surface area (Å²) in [7, 11) is -1.40. The number of ether oxygens (including phenoxy) is 5. The maximum atomic E-state index is 15.3. The predicted molar refractivity (Wildman–Crippen MR) is 271 cm³/mol. The normalized spacial score (nSPS) is 12.7. The molecule has 0 radical (unpaired) electrons. The number of aliphatic carboxylic acids is 1. The highest BCUT2D eigenvalue weighted by atomic mass is 32.2. The van der Waals surface area contributed by atoms with E-state index in [-0.39, 0.29) is 92.7 Å². The minimum Gasteiger partial charge on any atom is -0.481 e. The molecular weight excluding hydrogens is 941 g/mol. The highest BCUT2D eigenvalue weighted by molar-refractivity contribution is 7.99. The number of ketones is 2. The number of amides is 1. The van der Waals surface area contributed by atoms with Crippen molar-refractivity contribution in [3.05, 3.63) is 83.7 Å². The van der Waals surface area contributed by atoms with E-state index in [1.165, 1.54) is 0 Å². The number of benzene rings is 2. The van der Waals surface area contributed by atoms with Crippen LogP contribution in [0.2, 0.25) is 25.7 Å². The standard InChI is InChI=1S/C52H77F2N3O11SSi/c1-52(2,3)50(47-32-40(45-33-42(53)17-18-46(45)54)36-56(47)35-39-13-8-7-9-14-39)57(20-11-10-16-49(61)68-29-30-70(4,5)6)48(60)38-69-37-41(51(62)63)31-43(58)19-22-65-24-26-67-28-27-66-25-23-64-21-12-15-44(59)34-55/h7-9,13-14,17-18,32-33,36,41,50H,10-12,15-16,19-31,34-35,37-38,55H2,1-6H3,(H,62,63)/t41-,50-/m0/s1. The van der Waals surface area contributed by atoms with Crippen molar-refractivity contribution in [1.82, 2.24) is 9.47 Å². The van der Waals surface area contributed by atoms with Gasteiger partial charge in [-0.15, -0.1) is 0 Å². The lowest BCUT2D eigenvalue weighted by atomic mass is 9.83. The van der Waals surface area contributed by atoms with E-state index >= 15 is 4.39 Å². The Bertz CT molecular complexity index is 2060. The van der Waals surface area contributed by atoms with Gasteiger partial charge in [-0.1, -0.05) is 70.7 Å². The Kier molecular flexibility index (Phi) is 27.4. The van der Waals surface area contributed by atoms with E-state index in [1.54, 1.807) is 17.2 Å². The molecule has 1 amide bonds. The number of unbranched alkanes of at least 4 members (excludes halogenated alkanes) is 1. The highest BCUT2D eigenvalue weighted by Crippen LogP contribution is 2.41. The molecule has 3 N–H and O–H groups in total. The first-order valence-corrected chi connectivity index (χ1v) is 29.1. The van der Waals surface area contributed by atoms with E-state index in [9.17, 15) is 33.5 Å². The Morgan fingerprint density at radius 2 is 1.43 bits per heavy atom. The molecule has 0 fully saturated rings. The van der Waals surface area contributed by atoms with Crippen LogP contribution in [0.25, 0.3) is 11.1 Å². The molecule has 0 spiro atoms. The van der Waals surface area contributed by atoms with Crippen LogP contribution in [0.3, 0.4) is 0 Å². The summed E-state index contributed by atoms with van der Waals surface area (Å²) in [5, 5.41) is 10.1. The second-order valence-corrected chi connectivity index (χ2v) is 26.2. The molecule has 3 rings (SSSR count). The SMILES string of the molecule is CC(C)(C)[C@H](c1cc(-c2cc(F)ccc2F)cn1Cc1ccccc1)N(CCCCC(=O)OCC[Si](C)(C)C)C(=O)CSC[C@H](CC(=O)CCOCCOCCOCCOCCCC(=O)CN)C(=O)O. The molecule has 3 aromatic rings. The fourth-order valence-corrected chi connectivity index (χ4v) is 9.21. The van der Waals surface area contributed by atoms with Crippen molar-refractivity contribution in [3.63, 3.8) is 0 Å². The Morgan fingerprint density at radius 3 is 2.04 bits per heavy atom. The summed E-state index contributed by atoms with van der Waals surface area (Å²) >= 11 is 1.14. The lowest BCUT2D eigenvalue weighted by Crippen LogP contribution is -2.43. The molecule has 14 nitrogen and oxygen atoms in total. The lowest BCUT2D eigenvalue weighted by molar-refractivity contribution is -0.143. The fourth-order valence-electron chi connectivity index (χ4n) is 7.49. The summed E-state index contributed by atoms with van der Waals surface area (Å²) in [5.74, 6) is -4.28. The van der Waals surface area contributed by atoms with Crippen LogP contribution in [0.1, 0.15) is 83.0 Å². The van der Waals surface area contributed by atoms with E-state index in [0.29, 0.717) is 83.1 Å². The molecule has 0 aliphatic heterocycles. The largest absolute Gasteiger partial charge is 0.481 e. The first-order valence-electron chi connectivity index (χ1n) is 24.3. The molecule has 0 unspecified atom stereocenters. The molecule has 0 aliphatic rings. The first kappa shape index (κ1) is 60.0. The number of carboxylic acid groups (broad SMARTS) is 1. The number of thioether (sulfide) groups is 1. The summed E-state index contributed by atoms with van der Waals surface area (Å²) in [4.78, 5) is 65.5. The van der Waals surface area contributed by atoms with Gasteiger partial charge in [0.25, 0.3) is 0 Å². The number of carboxylic acids is 1. The topological polar surface area (TPSA) is 186 Å². The second-order valence-electron chi connectivity index (χ2n) is 19.6. The van der Waals surface area contributed by atoms with Crippen molar-refractivity contribution < 1.29 is 61.5 Å². The van der Waals surface area contributed by atoms with Gasteiger partial charge in [0.1, 0.15) is 23.2 Å². The van der Waals surface area contributed by atoms with Gasteiger partial charge in [-0.05, 0) is 60.6 Å². The Hall–Kier alpha value is -4.30. The number of esters is 1. The van der Waals surface area contributed by atoms with Crippen molar-refractivity contribution in [2.45, 2.75) is 104 Å². The van der Waals surface area contributed by atoms with Gasteiger partial charge in [0, 0.05) is 82.2 Å². The Balaban J connectivity index is 1.65. The van der Waals surface area contributed by atoms with Crippen molar-refractivity contribution in [2.24, 2.45) is 17.1 Å². The summed E-state index contributed by atoms with van der Waals surface area (Å²) < 4.78 is 59.3. The van der Waals surface area contributed by atoms with Crippen LogP contribution in [0.15, 0.2) is 60.8 Å². The number of hydrogen-bond acceptors (Lipinski definition) is 12. The van der Waals surface area contributed by atoms with E-state index in [2.05, 4.69) is 19.6 Å². The predicted octanol–water partition coefficient (Wildman–Crippen LogP) is 8.61. The van der Waals surface area contributed by atoms with Crippen molar-refractivity contribution in [3.8, 4) is 11.1 Å². The molecule has 2 atom stereocenters. The van der Waals surface area contributed by atoms with Gasteiger partial charge >= 0.3 is 11.9 Å². The number of aromatic nitrogens is 1. The van der Waals surface area contributed by atoms with E-state index in [0.717, 1.165) is 41.6 Å². The monoisotopic (exact) mass is 1020 g/mol. The number of carbonyl (C=O) groups is 5. The second kappa shape index (κ2) is 31.9. The third kappa shape index (κ3) is 23.7. The summed E-state index contributed by atoms with van der Waals surface area (Å²) in [6, 6.07) is 15.0. The molecule has 1 aromatic heterocycles. The molecule has 0 bridgehead atoms. The van der Waals surface area contributed by atoms with Gasteiger partial charge < -0.3 is 44.0 Å². The van der Waals surface area contributed by atoms with Crippen LogP contribution in [-0.4, -0.2) is 136 Å². The zero-order chi connectivity index (χ0) is 51.5. The molecule has 18 heteroatoms. The number of hydrogen-bond donors (Lipinski definition) is 2. The zero-order valence-corrected chi connectivity index (χ0v) is 44.0. The quantitative estimate of drug-likeness (QED) is 0.0318. The molecule has 0 saturated carbocycles. The number of nitrogens with zero attached hydrogens (tertiary/aromatic N) is 2. The average molecular weight is 1020 g/mol. The van der Waals surface area contributed by atoms with Crippen LogP contribution < -0.4 is 5.73 Å². The average Bonchev–Trinajstić information content (AvgIpc) is 3.70. The molecule has 2 aromatic carbocycles. The molecule has 390 valence electrons. The van der Waals surface area contributed by atoms with E-state index < -0.39 is 43.1 Å². The third-order valence-electron chi connectivity index (χ3n) is 11.2. The van der Waals surface area contributed by atoms with Gasteiger partial charge in [-0.3, -0.25) is 24.0 Å². The Labute approximate surface area is 418 Å². The minimum atomic E-state index is -1.40. The summed E-state index contributed by atoms with van der Waals surface area (Å²) in [6.45, 7) is 16.3. The van der Waals surface area contributed by atoms with Gasteiger partial charge in [0.2, 0.25) is 5.91 Å². The highest BCUT2D eigenvalue weighted by Gasteiger charge is 2.37. The van der Waals surface area contributed by atoms with Crippen LogP contribution in [-0.2, 0) is 54.2 Å². The van der Waals surface area contributed by atoms with E-state index in [4.69, 9.17) is 29.4 Å².